The highest BCUT2D eigenvalue weighted by Gasteiger charge is 2.23. The molecule has 0 fully saturated rings. The van der Waals surface area contributed by atoms with E-state index in [1.54, 1.807) is 6.20 Å². The maximum atomic E-state index is 6.33. The van der Waals surface area contributed by atoms with E-state index in [0.29, 0.717) is 0 Å². The Hall–Kier alpha value is -1.78. The Morgan fingerprint density at radius 3 is 2.67 bits per heavy atom. The maximum absolute atomic E-state index is 6.33. The Morgan fingerprint density at radius 1 is 1.19 bits per heavy atom. The molecule has 2 N–H and O–H groups in total. The van der Waals surface area contributed by atoms with Gasteiger partial charge in [0.25, 0.3) is 0 Å². The fourth-order valence-electron chi connectivity index (χ4n) is 2.58. The van der Waals surface area contributed by atoms with E-state index in [1.807, 2.05) is 30.6 Å². The first-order valence-electron chi connectivity index (χ1n) is 7.48. The summed E-state index contributed by atoms with van der Waals surface area (Å²) >= 11 is 0. The van der Waals surface area contributed by atoms with Crippen LogP contribution in [-0.2, 0) is 6.42 Å². The molecule has 21 heavy (non-hydrogen) atoms. The van der Waals surface area contributed by atoms with Crippen LogP contribution in [0.1, 0.15) is 30.6 Å². The topological polar surface area (TPSA) is 55.0 Å². The molecule has 0 amide bonds. The van der Waals surface area contributed by atoms with E-state index in [1.165, 1.54) is 5.56 Å². The number of nitrogens with zero attached hydrogens (tertiary/aromatic N) is 3. The predicted octanol–water partition coefficient (Wildman–Crippen LogP) is 2.43. The summed E-state index contributed by atoms with van der Waals surface area (Å²) in [6.45, 7) is 3.05. The van der Waals surface area contributed by atoms with Gasteiger partial charge in [0.2, 0.25) is 0 Å². The number of nitrogens with two attached hydrogens (primary N) is 1. The molecule has 2 unspecified atom stereocenters. The number of rotatable bonds is 7. The van der Waals surface area contributed by atoms with Gasteiger partial charge in [-0.15, -0.1) is 0 Å². The number of pyridine rings is 2. The summed E-state index contributed by atoms with van der Waals surface area (Å²) in [7, 11) is 2.12. The SMILES string of the molecule is CCC(N)C(c1cccnc1)N(C)CCc1ccccn1. The highest BCUT2D eigenvalue weighted by atomic mass is 15.1. The lowest BCUT2D eigenvalue weighted by Gasteiger charge is -2.32. The molecule has 0 saturated carbocycles. The molecule has 2 rings (SSSR count). The first kappa shape index (κ1) is 15.6. The molecule has 0 aliphatic heterocycles. The second kappa shape index (κ2) is 7.86. The first-order valence-corrected chi connectivity index (χ1v) is 7.48. The van der Waals surface area contributed by atoms with Crippen LogP contribution in [0.15, 0.2) is 48.9 Å². The Bertz CT molecular complexity index is 515. The average molecular weight is 284 g/mol. The number of likely N-dealkylation sites (N-methyl/N-ethyl adjacent to an activating group) is 1. The van der Waals surface area contributed by atoms with Crippen LogP contribution >= 0.6 is 0 Å². The van der Waals surface area contributed by atoms with Crippen molar-refractivity contribution in [3.05, 3.63) is 60.2 Å². The highest BCUT2D eigenvalue weighted by Crippen LogP contribution is 2.23. The van der Waals surface area contributed by atoms with Crippen LogP contribution in [0.4, 0.5) is 0 Å². The van der Waals surface area contributed by atoms with Gasteiger partial charge < -0.3 is 5.73 Å². The van der Waals surface area contributed by atoms with Crippen molar-refractivity contribution in [1.29, 1.82) is 0 Å². The molecule has 4 heteroatoms. The molecule has 2 heterocycles. The largest absolute Gasteiger partial charge is 0.326 e. The molecule has 0 saturated heterocycles. The van der Waals surface area contributed by atoms with Crippen LogP contribution in [0.3, 0.4) is 0 Å². The standard InChI is InChI=1S/C17H24N4/c1-3-16(18)17(14-7-6-10-19-13-14)21(2)12-9-15-8-4-5-11-20-15/h4-8,10-11,13,16-17H,3,9,12,18H2,1-2H3. The van der Waals surface area contributed by atoms with E-state index in [2.05, 4.69) is 41.0 Å². The quantitative estimate of drug-likeness (QED) is 0.848. The van der Waals surface area contributed by atoms with Gasteiger partial charge >= 0.3 is 0 Å². The third-order valence-corrected chi connectivity index (χ3v) is 3.82. The second-order valence-electron chi connectivity index (χ2n) is 5.35. The van der Waals surface area contributed by atoms with Crippen LogP contribution in [0, 0.1) is 0 Å². The van der Waals surface area contributed by atoms with Gasteiger partial charge in [0.15, 0.2) is 0 Å². The van der Waals surface area contributed by atoms with Crippen LogP contribution in [0.2, 0.25) is 0 Å². The van der Waals surface area contributed by atoms with Crippen molar-refractivity contribution in [3.8, 4) is 0 Å². The van der Waals surface area contributed by atoms with Crippen molar-refractivity contribution < 1.29 is 0 Å². The summed E-state index contributed by atoms with van der Waals surface area (Å²) in [6, 6.07) is 10.4. The summed E-state index contributed by atoms with van der Waals surface area (Å²) < 4.78 is 0. The molecular weight excluding hydrogens is 260 g/mol. The van der Waals surface area contributed by atoms with E-state index in [9.17, 15) is 0 Å². The van der Waals surface area contributed by atoms with Crippen LogP contribution in [0.25, 0.3) is 0 Å². The fraction of sp³-hybridized carbons (Fsp3) is 0.412. The Morgan fingerprint density at radius 2 is 2.05 bits per heavy atom. The van der Waals surface area contributed by atoms with Gasteiger partial charge in [-0.1, -0.05) is 19.1 Å². The summed E-state index contributed by atoms with van der Waals surface area (Å²) in [6.07, 6.45) is 7.41. The molecule has 2 atom stereocenters. The Kier molecular flexibility index (Phi) is 5.84. The highest BCUT2D eigenvalue weighted by molar-refractivity contribution is 5.16. The minimum absolute atomic E-state index is 0.0999. The van der Waals surface area contributed by atoms with Crippen molar-refractivity contribution in [2.24, 2.45) is 5.73 Å². The van der Waals surface area contributed by atoms with Gasteiger partial charge in [-0.2, -0.15) is 0 Å². The van der Waals surface area contributed by atoms with Gasteiger partial charge in [-0.25, -0.2) is 0 Å². The Labute approximate surface area is 127 Å². The van der Waals surface area contributed by atoms with Crippen molar-refractivity contribution in [3.63, 3.8) is 0 Å². The average Bonchev–Trinajstić information content (AvgIpc) is 2.55. The number of hydrogen-bond donors (Lipinski definition) is 1. The molecule has 0 aromatic carbocycles. The van der Waals surface area contributed by atoms with Gasteiger partial charge in [0.1, 0.15) is 0 Å². The van der Waals surface area contributed by atoms with Gasteiger partial charge in [0, 0.05) is 43.3 Å². The molecule has 4 nitrogen and oxygen atoms in total. The third-order valence-electron chi connectivity index (χ3n) is 3.82. The lowest BCUT2D eigenvalue weighted by atomic mass is 9.98. The van der Waals surface area contributed by atoms with E-state index in [0.717, 1.165) is 25.1 Å². The molecule has 0 aliphatic carbocycles. The van der Waals surface area contributed by atoms with Crippen molar-refractivity contribution in [1.82, 2.24) is 14.9 Å². The zero-order valence-electron chi connectivity index (χ0n) is 12.8. The van der Waals surface area contributed by atoms with Crippen LogP contribution in [-0.4, -0.2) is 34.5 Å². The molecule has 2 aromatic rings. The zero-order chi connectivity index (χ0) is 15.1. The maximum Gasteiger partial charge on any atom is 0.0511 e. The monoisotopic (exact) mass is 284 g/mol. The van der Waals surface area contributed by atoms with E-state index in [4.69, 9.17) is 5.73 Å². The first-order chi connectivity index (χ1) is 10.2. The van der Waals surface area contributed by atoms with Gasteiger partial charge in [-0.05, 0) is 37.2 Å². The summed E-state index contributed by atoms with van der Waals surface area (Å²) in [5.74, 6) is 0. The third kappa shape index (κ3) is 4.34. The second-order valence-corrected chi connectivity index (χ2v) is 5.35. The summed E-state index contributed by atoms with van der Waals surface area (Å²) in [5.41, 5.74) is 8.62. The molecule has 0 aliphatic rings. The summed E-state index contributed by atoms with van der Waals surface area (Å²) in [5, 5.41) is 0. The van der Waals surface area contributed by atoms with Crippen molar-refractivity contribution in [2.75, 3.05) is 13.6 Å². The predicted molar refractivity (Wildman–Crippen MR) is 85.8 cm³/mol. The molecule has 0 spiro atoms. The summed E-state index contributed by atoms with van der Waals surface area (Å²) in [4.78, 5) is 10.9. The smallest absolute Gasteiger partial charge is 0.0511 e. The van der Waals surface area contributed by atoms with Crippen molar-refractivity contribution in [2.45, 2.75) is 31.8 Å². The number of aromatic nitrogens is 2. The van der Waals surface area contributed by atoms with Gasteiger partial charge in [0.05, 0.1) is 6.04 Å². The molecule has 0 bridgehead atoms. The molecular formula is C17H24N4. The van der Waals surface area contributed by atoms with E-state index < -0.39 is 0 Å². The lowest BCUT2D eigenvalue weighted by Crippen LogP contribution is -2.39. The van der Waals surface area contributed by atoms with Crippen molar-refractivity contribution >= 4 is 0 Å². The molecule has 0 radical (unpaired) electrons. The van der Waals surface area contributed by atoms with Crippen LogP contribution in [0.5, 0.6) is 0 Å². The fourth-order valence-corrected chi connectivity index (χ4v) is 2.58. The molecule has 112 valence electrons. The molecule has 2 aromatic heterocycles. The normalized spacial score (nSPS) is 14.1. The minimum atomic E-state index is 0.0999. The Balaban J connectivity index is 2.06. The number of hydrogen-bond acceptors (Lipinski definition) is 4. The minimum Gasteiger partial charge on any atom is -0.326 e. The van der Waals surface area contributed by atoms with Gasteiger partial charge in [-0.3, -0.25) is 14.9 Å². The zero-order valence-corrected chi connectivity index (χ0v) is 12.8. The van der Waals surface area contributed by atoms with E-state index in [-0.39, 0.29) is 12.1 Å². The van der Waals surface area contributed by atoms with E-state index >= 15 is 0 Å². The van der Waals surface area contributed by atoms with Crippen LogP contribution < -0.4 is 5.73 Å². The lowest BCUT2D eigenvalue weighted by molar-refractivity contribution is 0.211.